The second-order valence-electron chi connectivity index (χ2n) is 5.36. The van der Waals surface area contributed by atoms with Crippen molar-refractivity contribution in [3.05, 3.63) is 59.5 Å². The highest BCUT2D eigenvalue weighted by Gasteiger charge is 2.15. The third kappa shape index (κ3) is 2.67. The van der Waals surface area contributed by atoms with Gasteiger partial charge in [0.15, 0.2) is 0 Å². The first-order valence-electron chi connectivity index (χ1n) is 7.19. The Morgan fingerprint density at radius 2 is 2.05 bits per heavy atom. The Kier molecular flexibility index (Phi) is 3.71. The monoisotopic (exact) mass is 280 g/mol. The summed E-state index contributed by atoms with van der Waals surface area (Å²) in [6.07, 6.45) is 2.79. The Bertz CT molecular complexity index is 755. The molecule has 21 heavy (non-hydrogen) atoms. The molecule has 1 aromatic carbocycles. The second kappa shape index (κ2) is 5.66. The minimum Gasteiger partial charge on any atom is -0.313 e. The summed E-state index contributed by atoms with van der Waals surface area (Å²) in [5, 5.41) is 9.06. The number of aryl methyl sites for hydroxylation is 2. The number of nitrogens with one attached hydrogen (secondary N) is 1. The van der Waals surface area contributed by atoms with Crippen LogP contribution in [0.5, 0.6) is 0 Å². The lowest BCUT2D eigenvalue weighted by atomic mass is 9.98. The highest BCUT2D eigenvalue weighted by molar-refractivity contribution is 5.82. The van der Waals surface area contributed by atoms with Gasteiger partial charge < -0.3 is 5.32 Å². The summed E-state index contributed by atoms with van der Waals surface area (Å²) in [4.78, 5) is 4.44. The Morgan fingerprint density at radius 1 is 1.24 bits per heavy atom. The summed E-state index contributed by atoms with van der Waals surface area (Å²) >= 11 is 0. The van der Waals surface area contributed by atoms with Crippen LogP contribution < -0.4 is 5.32 Å². The van der Waals surface area contributed by atoms with Gasteiger partial charge in [0.25, 0.3) is 0 Å². The third-order valence-corrected chi connectivity index (χ3v) is 3.92. The Balaban J connectivity index is 2.00. The zero-order valence-corrected chi connectivity index (χ0v) is 12.7. The van der Waals surface area contributed by atoms with Gasteiger partial charge in [-0.25, -0.2) is 0 Å². The lowest BCUT2D eigenvalue weighted by Gasteiger charge is -2.18. The van der Waals surface area contributed by atoms with Gasteiger partial charge in [0.05, 0.1) is 11.2 Å². The first kappa shape index (κ1) is 13.8. The molecule has 0 aliphatic rings. The van der Waals surface area contributed by atoms with E-state index in [1.807, 2.05) is 38.0 Å². The zero-order valence-electron chi connectivity index (χ0n) is 12.7. The van der Waals surface area contributed by atoms with Crippen molar-refractivity contribution >= 4 is 10.9 Å². The van der Waals surface area contributed by atoms with Crippen LogP contribution in [0, 0.1) is 6.92 Å². The van der Waals surface area contributed by atoms with Crippen LogP contribution in [0.2, 0.25) is 0 Å². The molecular weight excluding hydrogens is 260 g/mol. The molecular formula is C17H20N4. The number of hydrogen-bond donors (Lipinski definition) is 1. The van der Waals surface area contributed by atoms with Gasteiger partial charge in [-0.2, -0.15) is 5.10 Å². The summed E-state index contributed by atoms with van der Waals surface area (Å²) < 4.78 is 1.96. The highest BCUT2D eigenvalue weighted by Crippen LogP contribution is 2.25. The lowest BCUT2D eigenvalue weighted by molar-refractivity contribution is 0.564. The topological polar surface area (TPSA) is 42.7 Å². The standard InChI is InChI=1S/C17H20N4/c1-12-10-13(21(3)20-12)11-17(18-2)15-8-9-19-16-7-5-4-6-14(15)16/h4-10,17-18H,11H2,1-3H3. The molecule has 108 valence electrons. The molecule has 1 unspecified atom stereocenters. The van der Waals surface area contributed by atoms with Crippen LogP contribution >= 0.6 is 0 Å². The van der Waals surface area contributed by atoms with Gasteiger partial charge in [-0.15, -0.1) is 0 Å². The molecule has 0 aliphatic heterocycles. The summed E-state index contributed by atoms with van der Waals surface area (Å²) in [5.74, 6) is 0. The molecule has 2 aromatic heterocycles. The molecule has 0 bridgehead atoms. The van der Waals surface area contributed by atoms with Crippen molar-refractivity contribution in [2.45, 2.75) is 19.4 Å². The van der Waals surface area contributed by atoms with Crippen LogP contribution in [0.15, 0.2) is 42.6 Å². The van der Waals surface area contributed by atoms with Crippen LogP contribution in [-0.4, -0.2) is 21.8 Å². The minimum atomic E-state index is 0.243. The van der Waals surface area contributed by atoms with Gasteiger partial charge in [-0.3, -0.25) is 9.67 Å². The lowest BCUT2D eigenvalue weighted by Crippen LogP contribution is -2.20. The molecule has 1 N–H and O–H groups in total. The maximum absolute atomic E-state index is 4.44. The summed E-state index contributed by atoms with van der Waals surface area (Å²) in [5.41, 5.74) is 4.60. The molecule has 3 aromatic rings. The molecule has 0 amide bonds. The predicted molar refractivity (Wildman–Crippen MR) is 85.2 cm³/mol. The minimum absolute atomic E-state index is 0.243. The number of aromatic nitrogens is 3. The van der Waals surface area contributed by atoms with Gasteiger partial charge in [0, 0.05) is 36.8 Å². The van der Waals surface area contributed by atoms with Crippen molar-refractivity contribution in [1.29, 1.82) is 0 Å². The van der Waals surface area contributed by atoms with Crippen molar-refractivity contribution in [3.63, 3.8) is 0 Å². The number of para-hydroxylation sites is 1. The summed E-state index contributed by atoms with van der Waals surface area (Å²) in [6, 6.07) is 12.8. The Labute approximate surface area is 124 Å². The second-order valence-corrected chi connectivity index (χ2v) is 5.36. The molecule has 0 saturated carbocycles. The van der Waals surface area contributed by atoms with Crippen molar-refractivity contribution < 1.29 is 0 Å². The number of pyridine rings is 1. The number of rotatable bonds is 4. The van der Waals surface area contributed by atoms with Crippen LogP contribution in [0.4, 0.5) is 0 Å². The average Bonchev–Trinajstić information content (AvgIpc) is 2.82. The Hall–Kier alpha value is -2.20. The largest absolute Gasteiger partial charge is 0.313 e. The van der Waals surface area contributed by atoms with Crippen molar-refractivity contribution in [2.24, 2.45) is 7.05 Å². The predicted octanol–water partition coefficient (Wildman–Crippen LogP) is 2.78. The molecule has 1 atom stereocenters. The van der Waals surface area contributed by atoms with Crippen molar-refractivity contribution in [2.75, 3.05) is 7.05 Å². The quantitative estimate of drug-likeness (QED) is 0.799. The Morgan fingerprint density at radius 3 is 2.76 bits per heavy atom. The highest BCUT2D eigenvalue weighted by atomic mass is 15.3. The molecule has 0 spiro atoms. The first-order chi connectivity index (χ1) is 10.2. The van der Waals surface area contributed by atoms with Gasteiger partial charge >= 0.3 is 0 Å². The fraction of sp³-hybridized carbons (Fsp3) is 0.294. The molecule has 2 heterocycles. The van der Waals surface area contributed by atoms with Crippen LogP contribution in [-0.2, 0) is 13.5 Å². The van der Waals surface area contributed by atoms with Crippen molar-refractivity contribution in [3.8, 4) is 0 Å². The normalized spacial score (nSPS) is 12.7. The molecule has 3 rings (SSSR count). The van der Waals surface area contributed by atoms with E-state index in [0.29, 0.717) is 0 Å². The van der Waals surface area contributed by atoms with Crippen LogP contribution in [0.25, 0.3) is 10.9 Å². The van der Waals surface area contributed by atoms with E-state index in [9.17, 15) is 0 Å². The maximum atomic E-state index is 4.44. The molecule has 4 heteroatoms. The fourth-order valence-corrected chi connectivity index (χ4v) is 2.85. The van der Waals surface area contributed by atoms with Crippen molar-refractivity contribution in [1.82, 2.24) is 20.1 Å². The number of nitrogens with zero attached hydrogens (tertiary/aromatic N) is 3. The first-order valence-corrected chi connectivity index (χ1v) is 7.19. The zero-order chi connectivity index (χ0) is 14.8. The maximum Gasteiger partial charge on any atom is 0.0705 e. The van der Waals surface area contributed by atoms with E-state index < -0.39 is 0 Å². The van der Waals surface area contributed by atoms with E-state index >= 15 is 0 Å². The van der Waals surface area contributed by atoms with E-state index in [2.05, 4.69) is 45.7 Å². The van der Waals surface area contributed by atoms with Gasteiger partial charge in [-0.05, 0) is 37.7 Å². The summed E-state index contributed by atoms with van der Waals surface area (Å²) in [7, 11) is 4.00. The summed E-state index contributed by atoms with van der Waals surface area (Å²) in [6.45, 7) is 2.03. The van der Waals surface area contributed by atoms with E-state index in [4.69, 9.17) is 0 Å². The molecule has 0 aliphatic carbocycles. The fourth-order valence-electron chi connectivity index (χ4n) is 2.85. The SMILES string of the molecule is CNC(Cc1cc(C)nn1C)c1ccnc2ccccc12. The van der Waals surface area contributed by atoms with Crippen LogP contribution in [0.1, 0.15) is 23.0 Å². The van der Waals surface area contributed by atoms with Gasteiger partial charge in [-0.1, -0.05) is 18.2 Å². The number of likely N-dealkylation sites (N-methyl/N-ethyl adjacent to an activating group) is 1. The van der Waals surface area contributed by atoms with Gasteiger partial charge in [0.2, 0.25) is 0 Å². The van der Waals surface area contributed by atoms with E-state index in [1.54, 1.807) is 0 Å². The average molecular weight is 280 g/mol. The van der Waals surface area contributed by atoms with E-state index in [0.717, 1.165) is 17.6 Å². The molecule has 0 radical (unpaired) electrons. The van der Waals surface area contributed by atoms with Crippen LogP contribution in [0.3, 0.4) is 0 Å². The third-order valence-electron chi connectivity index (χ3n) is 3.92. The number of benzene rings is 1. The smallest absolute Gasteiger partial charge is 0.0705 e. The van der Waals surface area contributed by atoms with Gasteiger partial charge in [0.1, 0.15) is 0 Å². The van der Waals surface area contributed by atoms with E-state index in [1.165, 1.54) is 16.6 Å². The number of fused-ring (bicyclic) bond motifs is 1. The van der Waals surface area contributed by atoms with E-state index in [-0.39, 0.29) is 6.04 Å². The number of hydrogen-bond acceptors (Lipinski definition) is 3. The molecule has 0 saturated heterocycles. The molecule has 4 nitrogen and oxygen atoms in total. The molecule has 0 fully saturated rings.